The van der Waals surface area contributed by atoms with Crippen molar-refractivity contribution >= 4 is 31.3 Å². The van der Waals surface area contributed by atoms with E-state index in [9.17, 15) is 0 Å². The van der Waals surface area contributed by atoms with Crippen LogP contribution < -0.4 is 9.47 Å². The van der Waals surface area contributed by atoms with Gasteiger partial charge < -0.3 is 42.5 Å². The molecule has 0 spiro atoms. The van der Waals surface area contributed by atoms with Gasteiger partial charge in [0, 0.05) is 31.6 Å². The van der Waals surface area contributed by atoms with Gasteiger partial charge in [-0.25, -0.2) is 31.2 Å². The number of fused-ring (bicyclic) bond motifs is 1. The second kappa shape index (κ2) is 20.9. The van der Waals surface area contributed by atoms with Crippen LogP contribution in [0.2, 0.25) is 0 Å². The predicted octanol–water partition coefficient (Wildman–Crippen LogP) is 8.19. The van der Waals surface area contributed by atoms with Crippen molar-refractivity contribution in [3.63, 3.8) is 0 Å². The van der Waals surface area contributed by atoms with Crippen molar-refractivity contribution in [1.29, 1.82) is 0 Å². The van der Waals surface area contributed by atoms with Crippen LogP contribution in [0, 0.1) is 6.57 Å². The van der Waals surface area contributed by atoms with E-state index in [0.717, 1.165) is 47.1 Å². The van der Waals surface area contributed by atoms with Gasteiger partial charge >= 0.3 is 0 Å². The molecule has 4 atom stereocenters. The van der Waals surface area contributed by atoms with Crippen LogP contribution in [-0.2, 0) is 28.9 Å². The smallest absolute Gasteiger partial charge is 0.259 e. The fourth-order valence-corrected chi connectivity index (χ4v) is 9.81. The van der Waals surface area contributed by atoms with Crippen molar-refractivity contribution < 1.29 is 32.7 Å². The van der Waals surface area contributed by atoms with Crippen LogP contribution in [0.5, 0.6) is 11.5 Å². The molecule has 0 N–H and O–H groups in total. The largest absolute Gasteiger partial charge is 0.497 e. The lowest BCUT2D eigenvalue weighted by Gasteiger charge is -2.39. The zero-order valence-corrected chi connectivity index (χ0v) is 37.5. The van der Waals surface area contributed by atoms with Crippen molar-refractivity contribution in [3.8, 4) is 11.5 Å². The highest BCUT2D eigenvalue weighted by molar-refractivity contribution is 7.44. The number of morpholine rings is 1. The zero-order valence-electron chi connectivity index (χ0n) is 36.6. The highest BCUT2D eigenvalue weighted by atomic mass is 31.2. The molecule has 0 amide bonds. The van der Waals surface area contributed by atoms with Crippen LogP contribution >= 0.6 is 8.53 Å². The van der Waals surface area contributed by atoms with E-state index in [1.807, 2.05) is 78.2 Å². The van der Waals surface area contributed by atoms with E-state index in [-0.39, 0.29) is 31.8 Å². The number of aliphatic imine (C=N–C) groups is 1. The van der Waals surface area contributed by atoms with Gasteiger partial charge in [-0.05, 0) is 75.6 Å². The van der Waals surface area contributed by atoms with Crippen LogP contribution in [0.1, 0.15) is 64.0 Å². The highest BCUT2D eigenvalue weighted by Gasteiger charge is 2.45. The van der Waals surface area contributed by atoms with Crippen molar-refractivity contribution in [2.75, 3.05) is 60.3 Å². The van der Waals surface area contributed by atoms with Gasteiger partial charge in [0.2, 0.25) is 6.54 Å². The van der Waals surface area contributed by atoms with Crippen LogP contribution in [0.15, 0.2) is 96.5 Å². The number of nitrogens with zero attached hydrogens (tertiary/aromatic N) is 8. The molecule has 1 unspecified atom stereocenters. The SMILES string of the molecule is [C-]#[N+]CCOP(O[C@@H]1C[C@H](n2cnc3c(/N=C(/C)N4CCOCC4)ncnc32)O[C@@H]1COC(c1ccccc1)(c1ccc(OC)cc1)c1ccc(OC)cc1)N(C(C)C)C(C)C. The average Bonchev–Trinajstić information content (AvgIpc) is 3.92. The Kier molecular flexibility index (Phi) is 15.2. The van der Waals surface area contributed by atoms with Crippen molar-refractivity contribution in [2.24, 2.45) is 4.99 Å². The van der Waals surface area contributed by atoms with E-state index >= 15 is 0 Å². The van der Waals surface area contributed by atoms with E-state index in [1.54, 1.807) is 20.5 Å². The Labute approximate surface area is 365 Å². The van der Waals surface area contributed by atoms with E-state index in [1.165, 1.54) is 6.33 Å². The monoisotopic (exact) mass is 864 g/mol. The first kappa shape index (κ1) is 45.0. The van der Waals surface area contributed by atoms with E-state index < -0.39 is 32.6 Å². The van der Waals surface area contributed by atoms with Gasteiger partial charge in [-0.3, -0.25) is 4.57 Å². The summed E-state index contributed by atoms with van der Waals surface area (Å²) >= 11 is 0. The molecule has 2 saturated heterocycles. The number of benzene rings is 3. The second-order valence-corrected chi connectivity index (χ2v) is 17.0. The van der Waals surface area contributed by atoms with Gasteiger partial charge in [-0.1, -0.05) is 54.6 Å². The van der Waals surface area contributed by atoms with E-state index in [0.29, 0.717) is 36.6 Å². The van der Waals surface area contributed by atoms with Gasteiger partial charge in [0.1, 0.15) is 48.2 Å². The molecular weight excluding hydrogens is 808 g/mol. The number of amidine groups is 1. The molecule has 16 heteroatoms. The maximum Gasteiger partial charge on any atom is 0.259 e. The molecule has 0 aliphatic carbocycles. The lowest BCUT2D eigenvalue weighted by atomic mass is 9.80. The zero-order chi connectivity index (χ0) is 43.6. The second-order valence-electron chi connectivity index (χ2n) is 15.6. The van der Waals surface area contributed by atoms with Gasteiger partial charge in [-0.15, -0.1) is 0 Å². The quantitative estimate of drug-likeness (QED) is 0.0210. The molecule has 0 saturated carbocycles. The minimum atomic E-state index is -1.62. The predicted molar refractivity (Wildman–Crippen MR) is 239 cm³/mol. The number of methoxy groups -OCH3 is 2. The number of ether oxygens (including phenoxy) is 5. The summed E-state index contributed by atoms with van der Waals surface area (Å²) in [6.07, 6.45) is 2.06. The number of aromatic nitrogens is 4. The Morgan fingerprint density at radius 2 is 1.53 bits per heavy atom. The van der Waals surface area contributed by atoms with Crippen LogP contribution in [-0.4, -0.2) is 119 Å². The first-order valence-corrected chi connectivity index (χ1v) is 22.2. The molecule has 2 fully saturated rings. The van der Waals surface area contributed by atoms with Gasteiger partial charge in [0.15, 0.2) is 17.0 Å². The number of rotatable bonds is 18. The fourth-order valence-electron chi connectivity index (χ4n) is 8.06. The third-order valence-corrected chi connectivity index (χ3v) is 13.2. The van der Waals surface area contributed by atoms with Crippen LogP contribution in [0.3, 0.4) is 0 Å². The molecule has 2 aliphatic heterocycles. The topological polar surface area (TPSA) is 131 Å². The number of hydrogen-bond acceptors (Lipinski definition) is 12. The van der Waals surface area contributed by atoms with Gasteiger partial charge in [-0.2, -0.15) is 0 Å². The highest BCUT2D eigenvalue weighted by Crippen LogP contribution is 2.51. The molecule has 3 aromatic carbocycles. The van der Waals surface area contributed by atoms with E-state index in [2.05, 4.69) is 59.2 Å². The summed E-state index contributed by atoms with van der Waals surface area (Å²) in [6, 6.07) is 26.3. The Morgan fingerprint density at radius 1 is 0.903 bits per heavy atom. The maximum atomic E-state index is 7.44. The Morgan fingerprint density at radius 3 is 2.13 bits per heavy atom. The third kappa shape index (κ3) is 9.93. The first-order chi connectivity index (χ1) is 30.2. The molecule has 7 rings (SSSR count). The Bertz CT molecular complexity index is 2210. The van der Waals surface area contributed by atoms with Gasteiger partial charge in [0.05, 0.1) is 46.5 Å². The minimum absolute atomic E-state index is 0.104. The summed E-state index contributed by atoms with van der Waals surface area (Å²) in [5.41, 5.74) is 2.79. The molecular formula is C46H57N8O7P. The Balaban J connectivity index is 1.29. The maximum absolute atomic E-state index is 7.44. The average molecular weight is 865 g/mol. The number of hydrogen-bond donors (Lipinski definition) is 0. The van der Waals surface area contributed by atoms with Crippen molar-refractivity contribution in [3.05, 3.63) is 120 Å². The van der Waals surface area contributed by atoms with Crippen molar-refractivity contribution in [2.45, 2.75) is 77.2 Å². The molecule has 0 radical (unpaired) electrons. The summed E-state index contributed by atoms with van der Waals surface area (Å²) in [5.74, 6) is 2.78. The molecule has 328 valence electrons. The van der Waals surface area contributed by atoms with Crippen LogP contribution in [0.25, 0.3) is 16.0 Å². The molecule has 4 heterocycles. The molecule has 0 bridgehead atoms. The molecule has 2 aliphatic rings. The lowest BCUT2D eigenvalue weighted by Crippen LogP contribution is -2.39. The minimum Gasteiger partial charge on any atom is -0.497 e. The van der Waals surface area contributed by atoms with Gasteiger partial charge in [0.25, 0.3) is 8.53 Å². The molecule has 5 aromatic rings. The summed E-state index contributed by atoms with van der Waals surface area (Å²) in [4.78, 5) is 24.6. The summed E-state index contributed by atoms with van der Waals surface area (Å²) in [7, 11) is 1.69. The van der Waals surface area contributed by atoms with Crippen LogP contribution in [0.4, 0.5) is 5.82 Å². The fraction of sp³-hybridized carbons (Fsp3) is 0.457. The Hall–Kier alpha value is -5.04. The third-order valence-electron chi connectivity index (χ3n) is 11.1. The van der Waals surface area contributed by atoms with Crippen molar-refractivity contribution in [1.82, 2.24) is 29.1 Å². The molecule has 62 heavy (non-hydrogen) atoms. The summed E-state index contributed by atoms with van der Waals surface area (Å²) in [5, 5.41) is 0. The summed E-state index contributed by atoms with van der Waals surface area (Å²) < 4.78 is 48.9. The lowest BCUT2D eigenvalue weighted by molar-refractivity contribution is -0.0911. The number of imidazole rings is 1. The summed E-state index contributed by atoms with van der Waals surface area (Å²) in [6.45, 7) is 21.3. The standard InChI is InChI=1S/C46H57N8O7P/c1-32(2)54(33(3)4)62(59-25-22-47-6)61-40-28-42(53-31-50-43-44(48-30-49-45(43)53)51-34(5)52-23-26-57-27-24-52)60-41(40)29-58-46(35-12-10-9-11-13-35,36-14-18-38(55-7)19-15-36)37-16-20-39(56-8)21-17-37/h9-21,30-33,40-42H,22-29H2,1-5,7-8H3/b51-34-/t40-,41-,42-,62?/m1/s1. The van der Waals surface area contributed by atoms with E-state index in [4.69, 9.17) is 54.3 Å². The molecule has 2 aromatic heterocycles. The molecule has 15 nitrogen and oxygen atoms in total. The normalized spacial score (nSPS) is 19.1. The first-order valence-electron chi connectivity index (χ1n) is 21.1.